The molecule has 0 aliphatic carbocycles. The van der Waals surface area contributed by atoms with Crippen molar-refractivity contribution in [1.82, 2.24) is 14.7 Å². The van der Waals surface area contributed by atoms with Crippen molar-refractivity contribution in [3.05, 3.63) is 18.0 Å². The molecule has 0 saturated heterocycles. The molecule has 14 heavy (non-hydrogen) atoms. The first-order valence-electron chi connectivity index (χ1n) is 4.54. The molecule has 0 fully saturated rings. The average molecular weight is 216 g/mol. The zero-order valence-electron chi connectivity index (χ0n) is 8.40. The fourth-order valence-electron chi connectivity index (χ4n) is 1.20. The maximum absolute atomic E-state index is 11.8. The lowest BCUT2D eigenvalue weighted by molar-refractivity contribution is 0.0767. The van der Waals surface area contributed by atoms with E-state index in [9.17, 15) is 4.79 Å². The summed E-state index contributed by atoms with van der Waals surface area (Å²) >= 11 is 5.59. The lowest BCUT2D eigenvalue weighted by Gasteiger charge is -2.17. The molecule has 5 heteroatoms. The second-order valence-electron chi connectivity index (χ2n) is 2.95. The second-order valence-corrected chi connectivity index (χ2v) is 3.33. The topological polar surface area (TPSA) is 38.1 Å². The van der Waals surface area contributed by atoms with Crippen LogP contribution >= 0.6 is 11.6 Å². The van der Waals surface area contributed by atoms with E-state index in [1.165, 1.54) is 0 Å². The summed E-state index contributed by atoms with van der Waals surface area (Å²) in [6.45, 7) is 3.14. The SMILES string of the molecule is CCN(CCCl)C(=O)c1ccn(C)n1. The molecule has 0 atom stereocenters. The lowest BCUT2D eigenvalue weighted by Crippen LogP contribution is -2.32. The molecule has 1 rings (SSSR count). The van der Waals surface area contributed by atoms with Gasteiger partial charge >= 0.3 is 0 Å². The minimum absolute atomic E-state index is 0.0613. The molecule has 4 nitrogen and oxygen atoms in total. The Morgan fingerprint density at radius 3 is 2.86 bits per heavy atom. The van der Waals surface area contributed by atoms with Crippen molar-refractivity contribution < 1.29 is 4.79 Å². The molecule has 0 saturated carbocycles. The van der Waals surface area contributed by atoms with Gasteiger partial charge in [0.25, 0.3) is 5.91 Å². The number of nitrogens with zero attached hydrogens (tertiary/aromatic N) is 3. The van der Waals surface area contributed by atoms with Gasteiger partial charge in [-0.25, -0.2) is 0 Å². The molecule has 0 bridgehead atoms. The van der Waals surface area contributed by atoms with Crippen molar-refractivity contribution in [3.8, 4) is 0 Å². The standard InChI is InChI=1S/C9H14ClN3O/c1-3-13(7-5-10)9(14)8-4-6-12(2)11-8/h4,6H,3,5,7H2,1-2H3. The number of hydrogen-bond donors (Lipinski definition) is 0. The summed E-state index contributed by atoms with van der Waals surface area (Å²) in [6, 6.07) is 1.71. The van der Waals surface area contributed by atoms with Gasteiger partial charge in [-0.2, -0.15) is 5.10 Å². The quantitative estimate of drug-likeness (QED) is 0.706. The summed E-state index contributed by atoms with van der Waals surface area (Å²) in [4.78, 5) is 13.4. The molecular formula is C9H14ClN3O. The van der Waals surface area contributed by atoms with Crippen LogP contribution in [-0.4, -0.2) is 39.6 Å². The summed E-state index contributed by atoms with van der Waals surface area (Å²) in [5.74, 6) is 0.389. The highest BCUT2D eigenvalue weighted by molar-refractivity contribution is 6.18. The molecule has 0 aromatic carbocycles. The first-order chi connectivity index (χ1) is 6.69. The zero-order chi connectivity index (χ0) is 10.6. The first-order valence-corrected chi connectivity index (χ1v) is 5.07. The number of amides is 1. The van der Waals surface area contributed by atoms with Crippen molar-refractivity contribution in [3.63, 3.8) is 0 Å². The fraction of sp³-hybridized carbons (Fsp3) is 0.556. The normalized spacial score (nSPS) is 10.2. The van der Waals surface area contributed by atoms with Gasteiger partial charge in [-0.1, -0.05) is 0 Å². The van der Waals surface area contributed by atoms with E-state index in [0.717, 1.165) is 0 Å². The Balaban J connectivity index is 2.72. The van der Waals surface area contributed by atoms with E-state index in [2.05, 4.69) is 5.10 Å². The van der Waals surface area contributed by atoms with Gasteiger partial charge in [0.1, 0.15) is 5.69 Å². The van der Waals surface area contributed by atoms with E-state index < -0.39 is 0 Å². The van der Waals surface area contributed by atoms with Gasteiger partial charge in [-0.05, 0) is 13.0 Å². The third-order valence-electron chi connectivity index (χ3n) is 1.96. The minimum atomic E-state index is -0.0613. The zero-order valence-corrected chi connectivity index (χ0v) is 9.16. The number of carbonyl (C=O) groups is 1. The van der Waals surface area contributed by atoms with Crippen molar-refractivity contribution in [2.24, 2.45) is 7.05 Å². The average Bonchev–Trinajstić information content (AvgIpc) is 2.60. The molecule has 0 radical (unpaired) electrons. The summed E-state index contributed by atoms with van der Waals surface area (Å²) in [5.41, 5.74) is 0.472. The molecule has 1 aromatic heterocycles. The Morgan fingerprint density at radius 2 is 2.43 bits per heavy atom. The van der Waals surface area contributed by atoms with Crippen molar-refractivity contribution in [2.75, 3.05) is 19.0 Å². The predicted octanol–water partition coefficient (Wildman–Crippen LogP) is 1.12. The van der Waals surface area contributed by atoms with Crippen LogP contribution in [0.1, 0.15) is 17.4 Å². The maximum Gasteiger partial charge on any atom is 0.274 e. The van der Waals surface area contributed by atoms with Gasteiger partial charge in [0.05, 0.1) is 0 Å². The predicted molar refractivity (Wildman–Crippen MR) is 55.5 cm³/mol. The Morgan fingerprint density at radius 1 is 1.71 bits per heavy atom. The van der Waals surface area contributed by atoms with Crippen LogP contribution in [-0.2, 0) is 7.05 Å². The maximum atomic E-state index is 11.8. The van der Waals surface area contributed by atoms with E-state index in [1.807, 2.05) is 6.92 Å². The molecule has 1 amide bonds. The van der Waals surface area contributed by atoms with Gasteiger partial charge in [-0.3, -0.25) is 9.48 Å². The molecular weight excluding hydrogens is 202 g/mol. The number of aryl methyl sites for hydroxylation is 1. The largest absolute Gasteiger partial charge is 0.336 e. The van der Waals surface area contributed by atoms with E-state index in [0.29, 0.717) is 24.7 Å². The van der Waals surface area contributed by atoms with E-state index in [-0.39, 0.29) is 5.91 Å². The van der Waals surface area contributed by atoms with Crippen LogP contribution in [0.25, 0.3) is 0 Å². The third kappa shape index (κ3) is 2.48. The Labute approximate surface area is 88.5 Å². The summed E-state index contributed by atoms with van der Waals surface area (Å²) in [5, 5.41) is 4.04. The number of hydrogen-bond acceptors (Lipinski definition) is 2. The van der Waals surface area contributed by atoms with Gasteiger partial charge in [0.2, 0.25) is 0 Å². The monoisotopic (exact) mass is 215 g/mol. The molecule has 1 aromatic rings. The van der Waals surface area contributed by atoms with E-state index >= 15 is 0 Å². The minimum Gasteiger partial charge on any atom is -0.336 e. The summed E-state index contributed by atoms with van der Waals surface area (Å²) in [7, 11) is 1.79. The van der Waals surface area contributed by atoms with Crippen LogP contribution in [0.4, 0.5) is 0 Å². The van der Waals surface area contributed by atoms with Gasteiger partial charge in [0.15, 0.2) is 0 Å². The van der Waals surface area contributed by atoms with E-state index in [4.69, 9.17) is 11.6 Å². The van der Waals surface area contributed by atoms with Crippen LogP contribution in [0.2, 0.25) is 0 Å². The highest BCUT2D eigenvalue weighted by atomic mass is 35.5. The molecule has 0 N–H and O–H groups in total. The van der Waals surface area contributed by atoms with Crippen LogP contribution in [0.15, 0.2) is 12.3 Å². The Bertz CT molecular complexity index is 311. The van der Waals surface area contributed by atoms with Gasteiger partial charge < -0.3 is 4.90 Å². The fourth-order valence-corrected chi connectivity index (χ4v) is 1.40. The van der Waals surface area contributed by atoms with Crippen LogP contribution in [0.5, 0.6) is 0 Å². The van der Waals surface area contributed by atoms with Crippen molar-refractivity contribution in [1.29, 1.82) is 0 Å². The van der Waals surface area contributed by atoms with Crippen LogP contribution < -0.4 is 0 Å². The highest BCUT2D eigenvalue weighted by Gasteiger charge is 2.15. The Hall–Kier alpha value is -1.03. The van der Waals surface area contributed by atoms with Crippen molar-refractivity contribution >= 4 is 17.5 Å². The molecule has 0 unspecified atom stereocenters. The number of aromatic nitrogens is 2. The Kier molecular flexibility index (Phi) is 3.95. The third-order valence-corrected chi connectivity index (χ3v) is 2.13. The molecule has 78 valence electrons. The number of rotatable bonds is 4. The van der Waals surface area contributed by atoms with Crippen LogP contribution in [0.3, 0.4) is 0 Å². The van der Waals surface area contributed by atoms with E-state index in [1.54, 1.807) is 28.9 Å². The van der Waals surface area contributed by atoms with Gasteiger partial charge in [-0.15, -0.1) is 11.6 Å². The van der Waals surface area contributed by atoms with Crippen molar-refractivity contribution in [2.45, 2.75) is 6.92 Å². The first kappa shape index (κ1) is 11.0. The number of carbonyl (C=O) groups excluding carboxylic acids is 1. The van der Waals surface area contributed by atoms with Gasteiger partial charge in [0, 0.05) is 32.2 Å². The molecule has 0 aliphatic rings. The number of alkyl halides is 1. The summed E-state index contributed by atoms with van der Waals surface area (Å²) < 4.78 is 1.61. The molecule has 1 heterocycles. The van der Waals surface area contributed by atoms with Crippen LogP contribution in [0, 0.1) is 0 Å². The second kappa shape index (κ2) is 5.00. The molecule has 0 aliphatic heterocycles. The molecule has 0 spiro atoms. The smallest absolute Gasteiger partial charge is 0.274 e. The highest BCUT2D eigenvalue weighted by Crippen LogP contribution is 2.01. The lowest BCUT2D eigenvalue weighted by atomic mass is 10.3. The summed E-state index contributed by atoms with van der Waals surface area (Å²) in [6.07, 6.45) is 1.75. The number of halogens is 1.